The van der Waals surface area contributed by atoms with Gasteiger partial charge in [-0.25, -0.2) is 13.2 Å². The standard InChI is InChI=1S/C25H28N4O6S/c1-17(30)28-12-13-29(36(33,34)19-8-4-3-5-9-19)23(16-28)24(31)27-22(25(32)35-2)14-18-15-26-21-11-7-6-10-20(18)21/h3-11,15,22-23,26H,12-14,16H2,1-2H3,(H,27,31)/t22-,23+/m1/s1. The summed E-state index contributed by atoms with van der Waals surface area (Å²) in [6, 6.07) is 13.1. The van der Waals surface area contributed by atoms with Crippen molar-refractivity contribution in [1.82, 2.24) is 19.5 Å². The SMILES string of the molecule is COC(=O)[C@@H](Cc1c[nH]c2ccccc12)NC(=O)[C@@H]1CN(C(C)=O)CCN1S(=O)(=O)c1ccccc1. The third kappa shape index (κ3) is 5.12. The number of carbonyl (C=O) groups excluding carboxylic acids is 3. The van der Waals surface area contributed by atoms with Crippen molar-refractivity contribution in [3.8, 4) is 0 Å². The number of benzene rings is 2. The predicted octanol–water partition coefficient (Wildman–Crippen LogP) is 1.29. The van der Waals surface area contributed by atoms with Gasteiger partial charge in [-0.1, -0.05) is 36.4 Å². The molecule has 1 fully saturated rings. The number of methoxy groups -OCH3 is 1. The average Bonchev–Trinajstić information content (AvgIpc) is 3.30. The normalized spacial score (nSPS) is 17.5. The number of sulfonamides is 1. The first-order valence-corrected chi connectivity index (χ1v) is 12.9. The van der Waals surface area contributed by atoms with Crippen molar-refractivity contribution in [2.24, 2.45) is 0 Å². The van der Waals surface area contributed by atoms with Crippen LogP contribution < -0.4 is 5.32 Å². The average molecular weight is 513 g/mol. The quantitative estimate of drug-likeness (QED) is 0.459. The highest BCUT2D eigenvalue weighted by Gasteiger charge is 2.42. The second kappa shape index (κ2) is 10.5. The van der Waals surface area contributed by atoms with Crippen molar-refractivity contribution >= 4 is 38.7 Å². The Kier molecular flexibility index (Phi) is 7.41. The van der Waals surface area contributed by atoms with Gasteiger partial charge in [0, 0.05) is 50.1 Å². The number of para-hydroxylation sites is 1. The van der Waals surface area contributed by atoms with Crippen LogP contribution in [0.25, 0.3) is 10.9 Å². The molecule has 11 heteroatoms. The van der Waals surface area contributed by atoms with Gasteiger partial charge in [-0.05, 0) is 23.8 Å². The molecule has 4 rings (SSSR count). The minimum absolute atomic E-state index is 0.0439. The summed E-state index contributed by atoms with van der Waals surface area (Å²) in [5.74, 6) is -1.62. The molecule has 1 aliphatic heterocycles. The summed E-state index contributed by atoms with van der Waals surface area (Å²) in [4.78, 5) is 42.8. The van der Waals surface area contributed by atoms with E-state index in [0.29, 0.717) is 0 Å². The van der Waals surface area contributed by atoms with E-state index in [1.165, 1.54) is 31.1 Å². The van der Waals surface area contributed by atoms with Gasteiger partial charge in [0.15, 0.2) is 0 Å². The van der Waals surface area contributed by atoms with Gasteiger partial charge in [0.25, 0.3) is 0 Å². The lowest BCUT2D eigenvalue weighted by atomic mass is 10.0. The third-order valence-corrected chi connectivity index (χ3v) is 8.25. The van der Waals surface area contributed by atoms with Crippen LogP contribution in [-0.2, 0) is 35.6 Å². The number of esters is 1. The third-order valence-electron chi connectivity index (χ3n) is 6.33. The zero-order chi connectivity index (χ0) is 25.9. The summed E-state index contributed by atoms with van der Waals surface area (Å²) in [5.41, 5.74) is 1.68. The second-order valence-electron chi connectivity index (χ2n) is 8.56. The van der Waals surface area contributed by atoms with E-state index in [-0.39, 0.29) is 36.9 Å². The number of carbonyl (C=O) groups is 3. The molecule has 2 N–H and O–H groups in total. The lowest BCUT2D eigenvalue weighted by molar-refractivity contribution is -0.146. The van der Waals surface area contributed by atoms with E-state index in [2.05, 4.69) is 10.3 Å². The first-order chi connectivity index (χ1) is 17.2. The molecule has 1 aliphatic rings. The van der Waals surface area contributed by atoms with E-state index in [9.17, 15) is 22.8 Å². The van der Waals surface area contributed by atoms with Gasteiger partial charge in [-0.15, -0.1) is 0 Å². The molecule has 1 aromatic heterocycles. The van der Waals surface area contributed by atoms with Crippen LogP contribution in [0.15, 0.2) is 65.7 Å². The fourth-order valence-corrected chi connectivity index (χ4v) is 6.00. The number of nitrogens with zero attached hydrogens (tertiary/aromatic N) is 2. The summed E-state index contributed by atoms with van der Waals surface area (Å²) in [7, 11) is -2.81. The molecular weight excluding hydrogens is 484 g/mol. The molecule has 0 spiro atoms. The lowest BCUT2D eigenvalue weighted by Gasteiger charge is -2.39. The lowest BCUT2D eigenvalue weighted by Crippen LogP contribution is -2.62. The van der Waals surface area contributed by atoms with Crippen LogP contribution in [0.5, 0.6) is 0 Å². The molecule has 10 nitrogen and oxygen atoms in total. The molecule has 0 unspecified atom stereocenters. The van der Waals surface area contributed by atoms with Crippen molar-refractivity contribution in [2.75, 3.05) is 26.7 Å². The maximum Gasteiger partial charge on any atom is 0.328 e. The molecular formula is C25H28N4O6S. The van der Waals surface area contributed by atoms with Crippen molar-refractivity contribution < 1.29 is 27.5 Å². The highest BCUT2D eigenvalue weighted by molar-refractivity contribution is 7.89. The Morgan fingerprint density at radius 1 is 1.08 bits per heavy atom. The van der Waals surface area contributed by atoms with Gasteiger partial charge in [0.1, 0.15) is 12.1 Å². The second-order valence-corrected chi connectivity index (χ2v) is 10.4. The number of amides is 2. The van der Waals surface area contributed by atoms with Crippen LogP contribution in [0, 0.1) is 0 Å². The Balaban J connectivity index is 1.62. The number of aromatic nitrogens is 1. The van der Waals surface area contributed by atoms with Gasteiger partial charge in [0.05, 0.1) is 12.0 Å². The first-order valence-electron chi connectivity index (χ1n) is 11.5. The van der Waals surface area contributed by atoms with E-state index in [4.69, 9.17) is 4.74 Å². The highest BCUT2D eigenvalue weighted by Crippen LogP contribution is 2.23. The number of aromatic amines is 1. The van der Waals surface area contributed by atoms with E-state index in [0.717, 1.165) is 20.8 Å². The van der Waals surface area contributed by atoms with E-state index < -0.39 is 34.0 Å². The molecule has 2 amide bonds. The smallest absolute Gasteiger partial charge is 0.328 e. The van der Waals surface area contributed by atoms with Crippen molar-refractivity contribution in [1.29, 1.82) is 0 Å². The number of hydrogen-bond acceptors (Lipinski definition) is 6. The van der Waals surface area contributed by atoms with Gasteiger partial charge in [-0.3, -0.25) is 9.59 Å². The predicted molar refractivity (Wildman–Crippen MR) is 132 cm³/mol. The minimum Gasteiger partial charge on any atom is -0.467 e. The molecule has 0 aliphatic carbocycles. The summed E-state index contributed by atoms with van der Waals surface area (Å²) < 4.78 is 32.8. The summed E-state index contributed by atoms with van der Waals surface area (Å²) >= 11 is 0. The Hall–Kier alpha value is -3.70. The number of ether oxygens (including phenoxy) is 1. The number of fused-ring (bicyclic) bond motifs is 1. The summed E-state index contributed by atoms with van der Waals surface area (Å²) in [5, 5.41) is 3.58. The summed E-state index contributed by atoms with van der Waals surface area (Å²) in [6.45, 7) is 1.33. The van der Waals surface area contributed by atoms with Crippen LogP contribution in [0.2, 0.25) is 0 Å². The minimum atomic E-state index is -4.03. The Labute approximate surface area is 209 Å². The van der Waals surface area contributed by atoms with Crippen molar-refractivity contribution in [2.45, 2.75) is 30.3 Å². The fraction of sp³-hybridized carbons (Fsp3) is 0.320. The van der Waals surface area contributed by atoms with E-state index in [1.54, 1.807) is 24.4 Å². The molecule has 0 saturated carbocycles. The van der Waals surface area contributed by atoms with Gasteiger partial charge in [-0.2, -0.15) is 4.31 Å². The Bertz CT molecular complexity index is 1370. The van der Waals surface area contributed by atoms with Crippen LogP contribution in [0.4, 0.5) is 0 Å². The first kappa shape index (κ1) is 25.4. The molecule has 1 saturated heterocycles. The molecule has 0 radical (unpaired) electrons. The Morgan fingerprint density at radius 3 is 2.47 bits per heavy atom. The van der Waals surface area contributed by atoms with Crippen LogP contribution in [-0.4, -0.2) is 79.2 Å². The van der Waals surface area contributed by atoms with Crippen molar-refractivity contribution in [3.63, 3.8) is 0 Å². The van der Waals surface area contributed by atoms with Crippen molar-refractivity contribution in [3.05, 3.63) is 66.4 Å². The van der Waals surface area contributed by atoms with Gasteiger partial charge in [0.2, 0.25) is 21.8 Å². The zero-order valence-corrected chi connectivity index (χ0v) is 20.8. The molecule has 2 aromatic carbocycles. The molecule has 2 atom stereocenters. The molecule has 3 aromatic rings. The number of rotatable bonds is 7. The van der Waals surface area contributed by atoms with Crippen LogP contribution in [0.3, 0.4) is 0 Å². The monoisotopic (exact) mass is 512 g/mol. The van der Waals surface area contributed by atoms with Crippen LogP contribution >= 0.6 is 0 Å². The number of nitrogens with one attached hydrogen (secondary N) is 2. The van der Waals surface area contributed by atoms with Crippen LogP contribution in [0.1, 0.15) is 12.5 Å². The molecule has 190 valence electrons. The van der Waals surface area contributed by atoms with E-state index in [1.807, 2.05) is 24.3 Å². The largest absolute Gasteiger partial charge is 0.467 e. The number of hydrogen-bond donors (Lipinski definition) is 2. The highest BCUT2D eigenvalue weighted by atomic mass is 32.2. The Morgan fingerprint density at radius 2 is 1.78 bits per heavy atom. The van der Waals surface area contributed by atoms with Gasteiger partial charge >= 0.3 is 5.97 Å². The molecule has 2 heterocycles. The van der Waals surface area contributed by atoms with Gasteiger partial charge < -0.3 is 19.9 Å². The maximum atomic E-state index is 13.5. The number of H-pyrrole nitrogens is 1. The fourth-order valence-electron chi connectivity index (χ4n) is 4.41. The van der Waals surface area contributed by atoms with E-state index >= 15 is 0 Å². The molecule has 0 bridgehead atoms. The molecule has 36 heavy (non-hydrogen) atoms. The number of piperazine rings is 1. The topological polar surface area (TPSA) is 129 Å². The maximum absolute atomic E-state index is 13.5. The zero-order valence-electron chi connectivity index (χ0n) is 20.0. The summed E-state index contributed by atoms with van der Waals surface area (Å²) in [6.07, 6.45) is 1.90.